The first-order valence-electron chi connectivity index (χ1n) is 9.33. The van der Waals surface area contributed by atoms with Gasteiger partial charge in [0.15, 0.2) is 0 Å². The number of ether oxygens (including phenoxy) is 3. The van der Waals surface area contributed by atoms with Gasteiger partial charge >= 0.3 is 0 Å². The molecule has 2 heterocycles. The third-order valence-corrected chi connectivity index (χ3v) is 4.86. The van der Waals surface area contributed by atoms with Gasteiger partial charge in [-0.05, 0) is 36.4 Å². The molecule has 2 unspecified atom stereocenters. The molecular weight excluding hydrogens is 415 g/mol. The summed E-state index contributed by atoms with van der Waals surface area (Å²) < 4.78 is 34.7. The molecule has 0 spiro atoms. The van der Waals surface area contributed by atoms with Crippen LogP contribution in [0.15, 0.2) is 57.9 Å². The fraction of sp³-hybridized carbons (Fsp3) is 0.286. The van der Waals surface area contributed by atoms with Crippen molar-refractivity contribution >= 4 is 11.0 Å². The van der Waals surface area contributed by atoms with Gasteiger partial charge in [0, 0.05) is 6.07 Å². The number of rotatable bonds is 5. The lowest BCUT2D eigenvalue weighted by Crippen LogP contribution is -2.60. The second-order valence-electron chi connectivity index (χ2n) is 6.96. The molecule has 164 valence electrons. The lowest BCUT2D eigenvalue weighted by Gasteiger charge is -2.39. The Morgan fingerprint density at radius 1 is 0.968 bits per heavy atom. The van der Waals surface area contributed by atoms with Crippen LogP contribution in [0.3, 0.4) is 0 Å². The Labute approximate surface area is 174 Å². The molecule has 0 saturated carbocycles. The van der Waals surface area contributed by atoms with E-state index in [1.807, 2.05) is 0 Å². The van der Waals surface area contributed by atoms with E-state index in [0.29, 0.717) is 0 Å². The van der Waals surface area contributed by atoms with E-state index in [1.54, 1.807) is 0 Å². The topological polar surface area (TPSA) is 139 Å². The van der Waals surface area contributed by atoms with Crippen molar-refractivity contribution in [1.82, 2.24) is 0 Å². The molecule has 9 nitrogen and oxygen atoms in total. The monoisotopic (exact) mass is 434 g/mol. The Hall–Kier alpha value is -3.02. The number of aliphatic hydroxyl groups excluding tert-OH is 4. The van der Waals surface area contributed by atoms with Crippen molar-refractivity contribution in [2.75, 3.05) is 6.61 Å². The SMILES string of the molecule is O=c1c(Oc2ccc(F)cc2)coc2cc(O[C@@H]3OC(CO)[C@@H](O)[C@H](O)C3O)ccc12. The summed E-state index contributed by atoms with van der Waals surface area (Å²) in [5, 5.41) is 39.2. The lowest BCUT2D eigenvalue weighted by atomic mass is 9.99. The molecule has 4 N–H and O–H groups in total. The van der Waals surface area contributed by atoms with Gasteiger partial charge in [-0.25, -0.2) is 4.39 Å². The lowest BCUT2D eigenvalue weighted by molar-refractivity contribution is -0.277. The second-order valence-corrected chi connectivity index (χ2v) is 6.96. The quantitative estimate of drug-likeness (QED) is 0.461. The molecule has 5 atom stereocenters. The molecule has 0 amide bonds. The van der Waals surface area contributed by atoms with Crippen molar-refractivity contribution in [1.29, 1.82) is 0 Å². The third-order valence-electron chi connectivity index (χ3n) is 4.86. The van der Waals surface area contributed by atoms with E-state index in [9.17, 15) is 29.6 Å². The van der Waals surface area contributed by atoms with E-state index in [1.165, 1.54) is 42.5 Å². The number of fused-ring (bicyclic) bond motifs is 1. The van der Waals surface area contributed by atoms with Crippen LogP contribution in [0, 0.1) is 5.82 Å². The maximum absolute atomic E-state index is 13.0. The predicted octanol–water partition coefficient (Wildman–Crippen LogP) is 0.903. The molecule has 10 heteroatoms. The first-order chi connectivity index (χ1) is 14.9. The van der Waals surface area contributed by atoms with Gasteiger partial charge in [0.25, 0.3) is 0 Å². The zero-order chi connectivity index (χ0) is 22.1. The molecule has 4 rings (SSSR count). The van der Waals surface area contributed by atoms with Crippen LogP contribution in [0.1, 0.15) is 0 Å². The summed E-state index contributed by atoms with van der Waals surface area (Å²) in [4.78, 5) is 12.7. The van der Waals surface area contributed by atoms with Crippen LogP contribution in [0.4, 0.5) is 4.39 Å². The van der Waals surface area contributed by atoms with Crippen LogP contribution in [0.5, 0.6) is 17.2 Å². The zero-order valence-corrected chi connectivity index (χ0v) is 15.9. The minimum atomic E-state index is -1.58. The van der Waals surface area contributed by atoms with Crippen molar-refractivity contribution in [2.45, 2.75) is 30.7 Å². The van der Waals surface area contributed by atoms with Crippen molar-refractivity contribution in [2.24, 2.45) is 0 Å². The Balaban J connectivity index is 1.56. The number of aliphatic hydroxyl groups is 4. The molecule has 0 aliphatic carbocycles. The van der Waals surface area contributed by atoms with Gasteiger partial charge in [-0.15, -0.1) is 0 Å². The van der Waals surface area contributed by atoms with Crippen LogP contribution in [-0.2, 0) is 4.74 Å². The maximum Gasteiger partial charge on any atom is 0.235 e. The molecule has 1 aliphatic rings. The van der Waals surface area contributed by atoms with Crippen LogP contribution < -0.4 is 14.9 Å². The van der Waals surface area contributed by atoms with Gasteiger partial charge < -0.3 is 39.1 Å². The van der Waals surface area contributed by atoms with Crippen molar-refractivity contribution < 1.29 is 43.4 Å². The largest absolute Gasteiger partial charge is 0.462 e. The molecule has 2 aromatic carbocycles. The fourth-order valence-electron chi connectivity index (χ4n) is 3.16. The highest BCUT2D eigenvalue weighted by Gasteiger charge is 2.44. The summed E-state index contributed by atoms with van der Waals surface area (Å²) in [5.41, 5.74) is -0.316. The van der Waals surface area contributed by atoms with Gasteiger partial charge in [0.1, 0.15) is 53.6 Å². The normalized spacial score (nSPS) is 26.0. The minimum absolute atomic E-state index is 0.0956. The summed E-state index contributed by atoms with van der Waals surface area (Å²) >= 11 is 0. The van der Waals surface area contributed by atoms with Crippen molar-refractivity contribution in [3.05, 3.63) is 64.8 Å². The van der Waals surface area contributed by atoms with Gasteiger partial charge in [-0.2, -0.15) is 0 Å². The van der Waals surface area contributed by atoms with Crippen LogP contribution in [0.2, 0.25) is 0 Å². The molecule has 3 aromatic rings. The maximum atomic E-state index is 13.0. The van der Waals surface area contributed by atoms with E-state index in [4.69, 9.17) is 18.6 Å². The highest BCUT2D eigenvalue weighted by atomic mass is 19.1. The van der Waals surface area contributed by atoms with Gasteiger partial charge in [-0.3, -0.25) is 4.79 Å². The molecular formula is C21H19FO9. The molecule has 1 aromatic heterocycles. The minimum Gasteiger partial charge on any atom is -0.462 e. The summed E-state index contributed by atoms with van der Waals surface area (Å²) in [6, 6.07) is 9.34. The van der Waals surface area contributed by atoms with Gasteiger partial charge in [0.05, 0.1) is 12.0 Å². The van der Waals surface area contributed by atoms with Crippen LogP contribution in [0.25, 0.3) is 11.0 Å². The Morgan fingerprint density at radius 3 is 2.39 bits per heavy atom. The standard InChI is InChI=1S/C21H19FO9/c22-10-1-3-11(4-2-10)29-16-9-28-14-7-12(5-6-13(14)17(16)24)30-21-20(27)19(26)18(25)15(8-23)31-21/h1-7,9,15,18-21,23,25-27H,8H2/t15?,18-,19+,20?,21-/m1/s1. The highest BCUT2D eigenvalue weighted by molar-refractivity contribution is 5.79. The average Bonchev–Trinajstić information content (AvgIpc) is 2.77. The van der Waals surface area contributed by atoms with Crippen LogP contribution >= 0.6 is 0 Å². The summed E-state index contributed by atoms with van der Waals surface area (Å²) in [6.45, 7) is -0.589. The van der Waals surface area contributed by atoms with E-state index in [0.717, 1.165) is 6.26 Å². The first-order valence-corrected chi connectivity index (χ1v) is 9.33. The molecule has 1 aliphatic heterocycles. The Bertz CT molecular complexity index is 1110. The number of halogens is 1. The summed E-state index contributed by atoms with van der Waals surface area (Å²) in [7, 11) is 0. The molecule has 1 saturated heterocycles. The van der Waals surface area contributed by atoms with Crippen molar-refractivity contribution in [3.8, 4) is 17.2 Å². The Kier molecular flexibility index (Phi) is 5.90. The molecule has 0 bridgehead atoms. The van der Waals surface area contributed by atoms with Gasteiger partial charge in [0.2, 0.25) is 17.5 Å². The number of hydrogen-bond acceptors (Lipinski definition) is 9. The highest BCUT2D eigenvalue weighted by Crippen LogP contribution is 2.27. The smallest absolute Gasteiger partial charge is 0.235 e. The van der Waals surface area contributed by atoms with E-state index < -0.39 is 48.6 Å². The van der Waals surface area contributed by atoms with E-state index >= 15 is 0 Å². The zero-order valence-electron chi connectivity index (χ0n) is 15.9. The number of benzene rings is 2. The number of hydrogen-bond donors (Lipinski definition) is 4. The molecule has 31 heavy (non-hydrogen) atoms. The average molecular weight is 434 g/mol. The van der Waals surface area contributed by atoms with Gasteiger partial charge in [-0.1, -0.05) is 0 Å². The molecule has 0 radical (unpaired) electrons. The molecule has 1 fully saturated rings. The second kappa shape index (κ2) is 8.61. The van der Waals surface area contributed by atoms with E-state index in [2.05, 4.69) is 0 Å². The van der Waals surface area contributed by atoms with Crippen molar-refractivity contribution in [3.63, 3.8) is 0 Å². The van der Waals surface area contributed by atoms with Crippen LogP contribution in [-0.4, -0.2) is 57.7 Å². The summed E-state index contributed by atoms with van der Waals surface area (Å²) in [5.74, 6) is -0.130. The van der Waals surface area contributed by atoms with E-state index in [-0.39, 0.29) is 28.2 Å². The fourth-order valence-corrected chi connectivity index (χ4v) is 3.16. The third kappa shape index (κ3) is 4.24. The first kappa shape index (κ1) is 21.2. The predicted molar refractivity (Wildman–Crippen MR) is 103 cm³/mol. The Morgan fingerprint density at radius 2 is 1.68 bits per heavy atom. The summed E-state index contributed by atoms with van der Waals surface area (Å²) in [6.07, 6.45) is -6.05.